The first-order chi connectivity index (χ1) is 14.0. The summed E-state index contributed by atoms with van der Waals surface area (Å²) >= 11 is 0. The van der Waals surface area contributed by atoms with Gasteiger partial charge >= 0.3 is 0 Å². The fraction of sp³-hybridized carbons (Fsp3) is 0.0870. The van der Waals surface area contributed by atoms with Gasteiger partial charge in [-0.15, -0.1) is 0 Å². The highest BCUT2D eigenvalue weighted by molar-refractivity contribution is 6.36. The van der Waals surface area contributed by atoms with Crippen molar-refractivity contribution in [3.63, 3.8) is 0 Å². The number of carbonyl (C=O) groups excluding carboxylic acids is 3. The molecule has 3 aromatic rings. The van der Waals surface area contributed by atoms with E-state index >= 15 is 0 Å². The fourth-order valence-corrected chi connectivity index (χ4v) is 3.24. The number of amides is 3. The number of ether oxygens (including phenoxy) is 1. The van der Waals surface area contributed by atoms with Crippen molar-refractivity contribution in [3.8, 4) is 5.75 Å². The highest BCUT2D eigenvalue weighted by Crippen LogP contribution is 2.32. The van der Waals surface area contributed by atoms with Crippen molar-refractivity contribution >= 4 is 29.1 Å². The van der Waals surface area contributed by atoms with Gasteiger partial charge in [-0.25, -0.2) is 4.90 Å². The number of rotatable bonds is 5. The number of fused-ring (bicyclic) bond motifs is 1. The van der Waals surface area contributed by atoms with E-state index in [0.717, 1.165) is 10.5 Å². The lowest BCUT2D eigenvalue weighted by atomic mass is 10.1. The Morgan fingerprint density at radius 2 is 1.69 bits per heavy atom. The van der Waals surface area contributed by atoms with E-state index in [1.807, 2.05) is 31.2 Å². The van der Waals surface area contributed by atoms with Crippen molar-refractivity contribution in [1.82, 2.24) is 0 Å². The van der Waals surface area contributed by atoms with Gasteiger partial charge in [-0.05, 0) is 48.9 Å². The Balaban J connectivity index is 1.53. The van der Waals surface area contributed by atoms with E-state index in [4.69, 9.17) is 4.74 Å². The topological polar surface area (TPSA) is 75.7 Å². The SMILES string of the molecule is Cc1cccc(OCC(=O)Nc2cccc3c2C(=O)N(c2ccccc2)C3=O)c1. The van der Waals surface area contributed by atoms with Crippen LogP contribution < -0.4 is 15.0 Å². The summed E-state index contributed by atoms with van der Waals surface area (Å²) in [5, 5.41) is 2.69. The van der Waals surface area contributed by atoms with E-state index in [1.54, 1.807) is 48.5 Å². The molecule has 0 saturated carbocycles. The van der Waals surface area contributed by atoms with Crippen LogP contribution in [0.25, 0.3) is 0 Å². The molecule has 144 valence electrons. The molecule has 3 amide bonds. The molecule has 0 radical (unpaired) electrons. The molecule has 6 heteroatoms. The zero-order valence-electron chi connectivity index (χ0n) is 15.7. The minimum atomic E-state index is -0.466. The minimum Gasteiger partial charge on any atom is -0.484 e. The monoisotopic (exact) mass is 386 g/mol. The van der Waals surface area contributed by atoms with Crippen LogP contribution in [-0.4, -0.2) is 24.3 Å². The molecular weight excluding hydrogens is 368 g/mol. The predicted molar refractivity (Wildman–Crippen MR) is 109 cm³/mol. The van der Waals surface area contributed by atoms with Crippen molar-refractivity contribution in [2.75, 3.05) is 16.8 Å². The van der Waals surface area contributed by atoms with Crippen LogP contribution in [0.15, 0.2) is 72.8 Å². The van der Waals surface area contributed by atoms with Crippen molar-refractivity contribution in [2.45, 2.75) is 6.92 Å². The third kappa shape index (κ3) is 3.60. The summed E-state index contributed by atoms with van der Waals surface area (Å²) < 4.78 is 5.50. The smallest absolute Gasteiger partial charge is 0.268 e. The Kier molecular flexibility index (Phi) is 4.83. The van der Waals surface area contributed by atoms with Crippen LogP contribution in [0.4, 0.5) is 11.4 Å². The lowest BCUT2D eigenvalue weighted by molar-refractivity contribution is -0.118. The molecule has 0 unspecified atom stereocenters. The lowest BCUT2D eigenvalue weighted by Crippen LogP contribution is -2.29. The number of nitrogens with one attached hydrogen (secondary N) is 1. The summed E-state index contributed by atoms with van der Waals surface area (Å²) in [4.78, 5) is 39.2. The van der Waals surface area contributed by atoms with Gasteiger partial charge < -0.3 is 10.1 Å². The van der Waals surface area contributed by atoms with Crippen molar-refractivity contribution in [2.24, 2.45) is 0 Å². The average molecular weight is 386 g/mol. The van der Waals surface area contributed by atoms with E-state index in [9.17, 15) is 14.4 Å². The van der Waals surface area contributed by atoms with Gasteiger partial charge in [-0.3, -0.25) is 14.4 Å². The maximum Gasteiger partial charge on any atom is 0.268 e. The van der Waals surface area contributed by atoms with Gasteiger partial charge in [0.25, 0.3) is 17.7 Å². The molecule has 29 heavy (non-hydrogen) atoms. The van der Waals surface area contributed by atoms with Crippen LogP contribution in [0, 0.1) is 6.92 Å². The van der Waals surface area contributed by atoms with Gasteiger partial charge in [0.05, 0.1) is 22.5 Å². The van der Waals surface area contributed by atoms with Crippen molar-refractivity contribution in [1.29, 1.82) is 0 Å². The third-order valence-electron chi connectivity index (χ3n) is 4.56. The second-order valence-electron chi connectivity index (χ2n) is 6.66. The van der Waals surface area contributed by atoms with Crippen molar-refractivity contribution in [3.05, 3.63) is 89.5 Å². The molecule has 0 bridgehead atoms. The first-order valence-corrected chi connectivity index (χ1v) is 9.11. The van der Waals surface area contributed by atoms with E-state index < -0.39 is 17.7 Å². The van der Waals surface area contributed by atoms with E-state index in [1.165, 1.54) is 0 Å². The number of hydrogen-bond donors (Lipinski definition) is 1. The number of aryl methyl sites for hydroxylation is 1. The molecule has 0 aromatic heterocycles. The quantitative estimate of drug-likeness (QED) is 0.677. The number of imide groups is 1. The maximum atomic E-state index is 12.9. The largest absolute Gasteiger partial charge is 0.484 e. The summed E-state index contributed by atoms with van der Waals surface area (Å²) in [6.07, 6.45) is 0. The standard InChI is InChI=1S/C23H18N2O4/c1-15-7-5-10-17(13-15)29-14-20(26)24-19-12-6-11-18-21(19)23(28)25(22(18)27)16-8-3-2-4-9-16/h2-13H,14H2,1H3,(H,24,26). The Morgan fingerprint density at radius 3 is 2.45 bits per heavy atom. The van der Waals surface area contributed by atoms with Crippen LogP contribution in [0.5, 0.6) is 5.75 Å². The number of benzene rings is 3. The number of carbonyl (C=O) groups is 3. The molecule has 1 heterocycles. The van der Waals surface area contributed by atoms with Gasteiger partial charge in [-0.2, -0.15) is 0 Å². The summed E-state index contributed by atoms with van der Waals surface area (Å²) in [5.74, 6) is -0.715. The van der Waals surface area contributed by atoms with Crippen LogP contribution in [0.2, 0.25) is 0 Å². The maximum absolute atomic E-state index is 12.9. The number of hydrogen-bond acceptors (Lipinski definition) is 4. The number of anilines is 2. The normalized spacial score (nSPS) is 12.7. The molecule has 1 N–H and O–H groups in total. The van der Waals surface area contributed by atoms with Crippen molar-refractivity contribution < 1.29 is 19.1 Å². The highest BCUT2D eigenvalue weighted by Gasteiger charge is 2.38. The van der Waals surface area contributed by atoms with E-state index in [2.05, 4.69) is 5.32 Å². The van der Waals surface area contributed by atoms with Crippen LogP contribution in [-0.2, 0) is 4.79 Å². The second-order valence-corrected chi connectivity index (χ2v) is 6.66. The van der Waals surface area contributed by atoms with Gasteiger partial charge in [-0.1, -0.05) is 36.4 Å². The van der Waals surface area contributed by atoms with Gasteiger partial charge in [0.15, 0.2) is 6.61 Å². The molecule has 3 aromatic carbocycles. The third-order valence-corrected chi connectivity index (χ3v) is 4.56. The van der Waals surface area contributed by atoms with Crippen LogP contribution >= 0.6 is 0 Å². The Morgan fingerprint density at radius 1 is 0.931 bits per heavy atom. The summed E-state index contributed by atoms with van der Waals surface area (Å²) in [7, 11) is 0. The molecule has 0 atom stereocenters. The Hall–Kier alpha value is -3.93. The first kappa shape index (κ1) is 18.4. The fourth-order valence-electron chi connectivity index (χ4n) is 3.24. The Labute approximate surface area is 167 Å². The molecular formula is C23H18N2O4. The molecule has 1 aliphatic rings. The van der Waals surface area contributed by atoms with Gasteiger partial charge in [0.2, 0.25) is 0 Å². The number of nitrogens with zero attached hydrogens (tertiary/aromatic N) is 1. The van der Waals surface area contributed by atoms with Crippen LogP contribution in [0.3, 0.4) is 0 Å². The van der Waals surface area contributed by atoms with Crippen LogP contribution in [0.1, 0.15) is 26.3 Å². The van der Waals surface area contributed by atoms with Gasteiger partial charge in [0, 0.05) is 0 Å². The highest BCUT2D eigenvalue weighted by atomic mass is 16.5. The minimum absolute atomic E-state index is 0.185. The molecule has 4 rings (SSSR count). The average Bonchev–Trinajstić information content (AvgIpc) is 2.98. The molecule has 6 nitrogen and oxygen atoms in total. The molecule has 0 saturated heterocycles. The van der Waals surface area contributed by atoms with E-state index in [0.29, 0.717) is 11.4 Å². The zero-order chi connectivity index (χ0) is 20.4. The van der Waals surface area contributed by atoms with E-state index in [-0.39, 0.29) is 23.4 Å². The molecule has 0 spiro atoms. The Bertz CT molecular complexity index is 1110. The zero-order valence-corrected chi connectivity index (χ0v) is 15.7. The summed E-state index contributed by atoms with van der Waals surface area (Å²) in [5.41, 5.74) is 2.24. The van der Waals surface area contributed by atoms with Gasteiger partial charge in [0.1, 0.15) is 5.75 Å². The second kappa shape index (κ2) is 7.59. The molecule has 0 fully saturated rings. The predicted octanol–water partition coefficient (Wildman–Crippen LogP) is 3.81. The summed E-state index contributed by atoms with van der Waals surface area (Å²) in [6.45, 7) is 1.72. The lowest BCUT2D eigenvalue weighted by Gasteiger charge is -2.14. The molecule has 1 aliphatic heterocycles. The first-order valence-electron chi connectivity index (χ1n) is 9.11. The number of para-hydroxylation sites is 1. The summed E-state index contributed by atoms with van der Waals surface area (Å²) in [6, 6.07) is 20.9. The molecule has 0 aliphatic carbocycles.